The largest absolute Gasteiger partial charge is 0.301 e. The average Bonchev–Trinajstić information content (AvgIpc) is 2.95. The lowest BCUT2D eigenvalue weighted by Crippen LogP contribution is -2.24. The van der Waals surface area contributed by atoms with Crippen molar-refractivity contribution in [2.75, 3.05) is 0 Å². The minimum absolute atomic E-state index is 0.128. The van der Waals surface area contributed by atoms with Gasteiger partial charge < -0.3 is 5.32 Å². The summed E-state index contributed by atoms with van der Waals surface area (Å²) in [6.07, 6.45) is 3.73. The van der Waals surface area contributed by atoms with E-state index in [2.05, 4.69) is 50.5 Å². The maximum Gasteiger partial charge on any atom is 0.115 e. The van der Waals surface area contributed by atoms with E-state index in [1.165, 1.54) is 33.3 Å². The van der Waals surface area contributed by atoms with Gasteiger partial charge in [-0.15, -0.1) is 22.7 Å². The van der Waals surface area contributed by atoms with Gasteiger partial charge >= 0.3 is 0 Å². The molecule has 0 bridgehead atoms. The van der Waals surface area contributed by atoms with Crippen LogP contribution < -0.4 is 5.32 Å². The SMILES string of the molecule is CCc1ccc(C(NC2CC2)c2nc(C(C)(C)C)cs2)s1. The molecule has 1 saturated carbocycles. The molecular weight excluding hydrogens is 296 g/mol. The fraction of sp³-hybridized carbons (Fsp3) is 0.588. The lowest BCUT2D eigenvalue weighted by molar-refractivity contribution is 0.559. The molecule has 1 aliphatic rings. The molecule has 2 aromatic rings. The maximum absolute atomic E-state index is 4.94. The molecule has 0 aromatic carbocycles. The molecule has 3 rings (SSSR count). The molecule has 1 atom stereocenters. The van der Waals surface area contributed by atoms with Gasteiger partial charge in [-0.1, -0.05) is 27.7 Å². The van der Waals surface area contributed by atoms with Crippen LogP contribution in [0.2, 0.25) is 0 Å². The zero-order chi connectivity index (χ0) is 15.0. The predicted octanol–water partition coefficient (Wildman–Crippen LogP) is 4.91. The van der Waals surface area contributed by atoms with Crippen LogP contribution in [0.1, 0.15) is 67.0 Å². The van der Waals surface area contributed by atoms with E-state index in [-0.39, 0.29) is 11.5 Å². The Hall–Kier alpha value is -0.710. The second-order valence-electron chi connectivity index (χ2n) is 6.85. The first kappa shape index (κ1) is 15.2. The van der Waals surface area contributed by atoms with Crippen molar-refractivity contribution in [2.24, 2.45) is 0 Å². The Labute approximate surface area is 135 Å². The van der Waals surface area contributed by atoms with Crippen LogP contribution in [0.25, 0.3) is 0 Å². The van der Waals surface area contributed by atoms with Crippen LogP contribution in [-0.2, 0) is 11.8 Å². The van der Waals surface area contributed by atoms with Gasteiger partial charge in [-0.05, 0) is 31.4 Å². The second kappa shape index (κ2) is 5.82. The van der Waals surface area contributed by atoms with Crippen LogP contribution in [-0.4, -0.2) is 11.0 Å². The van der Waals surface area contributed by atoms with Crippen molar-refractivity contribution in [3.05, 3.63) is 38.0 Å². The van der Waals surface area contributed by atoms with E-state index in [9.17, 15) is 0 Å². The number of rotatable bonds is 5. The van der Waals surface area contributed by atoms with Gasteiger partial charge in [0, 0.05) is 26.6 Å². The summed E-state index contributed by atoms with van der Waals surface area (Å²) in [6.45, 7) is 8.92. The minimum atomic E-state index is 0.128. The molecule has 21 heavy (non-hydrogen) atoms. The van der Waals surface area contributed by atoms with E-state index in [1.54, 1.807) is 11.3 Å². The monoisotopic (exact) mass is 320 g/mol. The smallest absolute Gasteiger partial charge is 0.115 e. The zero-order valence-electron chi connectivity index (χ0n) is 13.3. The summed E-state index contributed by atoms with van der Waals surface area (Å²) in [5.41, 5.74) is 1.33. The van der Waals surface area contributed by atoms with Gasteiger partial charge in [0.25, 0.3) is 0 Å². The highest BCUT2D eigenvalue weighted by Gasteiger charge is 2.29. The summed E-state index contributed by atoms with van der Waals surface area (Å²) >= 11 is 3.73. The van der Waals surface area contributed by atoms with Gasteiger partial charge in [-0.25, -0.2) is 4.98 Å². The Bertz CT molecular complexity index is 602. The highest BCUT2D eigenvalue weighted by atomic mass is 32.1. The van der Waals surface area contributed by atoms with Crippen molar-refractivity contribution in [2.45, 2.75) is 64.5 Å². The normalized spacial score (nSPS) is 17.1. The van der Waals surface area contributed by atoms with Gasteiger partial charge in [-0.3, -0.25) is 0 Å². The van der Waals surface area contributed by atoms with E-state index in [0.717, 1.165) is 6.42 Å². The topological polar surface area (TPSA) is 24.9 Å². The molecule has 1 aliphatic carbocycles. The minimum Gasteiger partial charge on any atom is -0.301 e. The maximum atomic E-state index is 4.94. The van der Waals surface area contributed by atoms with E-state index >= 15 is 0 Å². The van der Waals surface area contributed by atoms with Crippen LogP contribution >= 0.6 is 22.7 Å². The first-order valence-corrected chi connectivity index (χ1v) is 9.47. The Morgan fingerprint density at radius 3 is 2.62 bits per heavy atom. The molecule has 4 heteroatoms. The number of nitrogens with one attached hydrogen (secondary N) is 1. The Morgan fingerprint density at radius 1 is 1.33 bits per heavy atom. The van der Waals surface area contributed by atoms with Crippen LogP contribution in [0.3, 0.4) is 0 Å². The van der Waals surface area contributed by atoms with E-state index in [0.29, 0.717) is 6.04 Å². The molecule has 0 amide bonds. The number of hydrogen-bond acceptors (Lipinski definition) is 4. The molecule has 2 nitrogen and oxygen atoms in total. The lowest BCUT2D eigenvalue weighted by Gasteiger charge is -2.17. The van der Waals surface area contributed by atoms with Crippen molar-refractivity contribution >= 4 is 22.7 Å². The van der Waals surface area contributed by atoms with Crippen LogP contribution in [0.15, 0.2) is 17.5 Å². The number of aromatic nitrogens is 1. The lowest BCUT2D eigenvalue weighted by atomic mass is 9.93. The second-order valence-corrected chi connectivity index (χ2v) is 8.94. The molecule has 0 saturated heterocycles. The van der Waals surface area contributed by atoms with Crippen molar-refractivity contribution in [3.63, 3.8) is 0 Å². The first-order chi connectivity index (χ1) is 9.97. The summed E-state index contributed by atoms with van der Waals surface area (Å²) in [5, 5.41) is 7.23. The van der Waals surface area contributed by atoms with Gasteiger partial charge in [0.2, 0.25) is 0 Å². The third-order valence-corrected chi connectivity index (χ3v) is 6.04. The van der Waals surface area contributed by atoms with Gasteiger partial charge in [-0.2, -0.15) is 0 Å². The highest BCUT2D eigenvalue weighted by molar-refractivity contribution is 7.12. The molecule has 0 spiro atoms. The van der Waals surface area contributed by atoms with E-state index in [4.69, 9.17) is 4.98 Å². The van der Waals surface area contributed by atoms with Gasteiger partial charge in [0.05, 0.1) is 11.7 Å². The summed E-state index contributed by atoms with van der Waals surface area (Å²) < 4.78 is 0. The summed E-state index contributed by atoms with van der Waals surface area (Å²) in [4.78, 5) is 7.81. The van der Waals surface area contributed by atoms with Crippen LogP contribution in [0.5, 0.6) is 0 Å². The molecular formula is C17H24N2S2. The fourth-order valence-corrected chi connectivity index (χ4v) is 4.48. The van der Waals surface area contributed by atoms with Crippen LogP contribution in [0, 0.1) is 0 Å². The van der Waals surface area contributed by atoms with Crippen molar-refractivity contribution < 1.29 is 0 Å². The van der Waals surface area contributed by atoms with Crippen molar-refractivity contribution in [1.82, 2.24) is 10.3 Å². The number of aryl methyl sites for hydroxylation is 1. The molecule has 0 aliphatic heterocycles. The number of hydrogen-bond donors (Lipinski definition) is 1. The molecule has 2 heterocycles. The summed E-state index contributed by atoms with van der Waals surface area (Å²) in [5.74, 6) is 0. The van der Waals surface area contributed by atoms with Crippen molar-refractivity contribution in [3.8, 4) is 0 Å². The summed E-state index contributed by atoms with van der Waals surface area (Å²) in [7, 11) is 0. The van der Waals surface area contributed by atoms with Crippen LogP contribution in [0.4, 0.5) is 0 Å². The van der Waals surface area contributed by atoms with Gasteiger partial charge in [0.15, 0.2) is 0 Å². The van der Waals surface area contributed by atoms with E-state index in [1.807, 2.05) is 11.3 Å². The Morgan fingerprint density at radius 2 is 2.10 bits per heavy atom. The first-order valence-electron chi connectivity index (χ1n) is 7.78. The number of thiazole rings is 1. The van der Waals surface area contributed by atoms with Gasteiger partial charge in [0.1, 0.15) is 5.01 Å². The zero-order valence-corrected chi connectivity index (χ0v) is 14.9. The highest BCUT2D eigenvalue weighted by Crippen LogP contribution is 2.35. The molecule has 1 N–H and O–H groups in total. The Kier molecular flexibility index (Phi) is 4.21. The molecule has 2 aromatic heterocycles. The standard InChI is InChI=1S/C17H24N2S2/c1-5-12-8-9-13(21-12)15(18-11-6-7-11)16-19-14(10-20-16)17(2,3)4/h8-11,15,18H,5-7H2,1-4H3. The third-order valence-electron chi connectivity index (χ3n) is 3.83. The quantitative estimate of drug-likeness (QED) is 0.847. The fourth-order valence-electron chi connectivity index (χ4n) is 2.27. The van der Waals surface area contributed by atoms with Crippen molar-refractivity contribution in [1.29, 1.82) is 0 Å². The van der Waals surface area contributed by atoms with E-state index < -0.39 is 0 Å². The molecule has 1 unspecified atom stereocenters. The molecule has 0 radical (unpaired) electrons. The summed E-state index contributed by atoms with van der Waals surface area (Å²) in [6, 6.07) is 5.51. The Balaban J connectivity index is 1.89. The third kappa shape index (κ3) is 3.55. The predicted molar refractivity (Wildman–Crippen MR) is 92.5 cm³/mol. The average molecular weight is 321 g/mol. The molecule has 1 fully saturated rings. The number of nitrogens with zero attached hydrogens (tertiary/aromatic N) is 1. The molecule has 114 valence electrons. The number of thiophene rings is 1.